The summed E-state index contributed by atoms with van der Waals surface area (Å²) in [5, 5.41) is 0. The molecule has 0 N–H and O–H groups in total. The number of para-hydroxylation sites is 1. The number of ether oxygens (including phenoxy) is 1. The van der Waals surface area contributed by atoms with Crippen LogP contribution in [0.15, 0.2) is 41.3 Å². The van der Waals surface area contributed by atoms with Crippen LogP contribution in [0.5, 0.6) is 5.75 Å². The summed E-state index contributed by atoms with van der Waals surface area (Å²) in [5.41, 5.74) is 1.82. The zero-order chi connectivity index (χ0) is 14.8. The van der Waals surface area contributed by atoms with Gasteiger partial charge in [0.25, 0.3) is 0 Å². The standard InChI is InChI=1S/C16H21NO2S/c1-5-8-12-11-19-14-10-7-6-9-13(14)15(12)17-20(18)16(2,3)4/h5-7,9-10,12H,1,8,11H2,2-4H3/b17-15+/t12-,20?/m1/s1. The molecule has 3 nitrogen and oxygen atoms in total. The Balaban J connectivity index is 2.46. The van der Waals surface area contributed by atoms with Crippen LogP contribution in [0.1, 0.15) is 32.8 Å². The van der Waals surface area contributed by atoms with Crippen molar-refractivity contribution in [3.8, 4) is 5.75 Å². The molecule has 0 fully saturated rings. The molecule has 20 heavy (non-hydrogen) atoms. The summed E-state index contributed by atoms with van der Waals surface area (Å²) in [4.78, 5) is 0. The van der Waals surface area contributed by atoms with E-state index in [0.29, 0.717) is 6.61 Å². The molecule has 1 aromatic rings. The number of fused-ring (bicyclic) bond motifs is 1. The van der Waals surface area contributed by atoms with Crippen molar-refractivity contribution in [2.45, 2.75) is 31.9 Å². The normalized spacial score (nSPS) is 21.9. The molecule has 0 bridgehead atoms. The molecular weight excluding hydrogens is 270 g/mol. The lowest BCUT2D eigenvalue weighted by atomic mass is 9.92. The van der Waals surface area contributed by atoms with E-state index in [2.05, 4.69) is 11.0 Å². The molecule has 0 saturated heterocycles. The van der Waals surface area contributed by atoms with Gasteiger partial charge in [0, 0.05) is 11.5 Å². The number of benzene rings is 1. The van der Waals surface area contributed by atoms with Crippen molar-refractivity contribution in [1.82, 2.24) is 0 Å². The van der Waals surface area contributed by atoms with Crippen LogP contribution in [0.25, 0.3) is 0 Å². The van der Waals surface area contributed by atoms with E-state index < -0.39 is 11.0 Å². The van der Waals surface area contributed by atoms with Crippen molar-refractivity contribution in [3.05, 3.63) is 42.5 Å². The first-order chi connectivity index (χ1) is 9.43. The van der Waals surface area contributed by atoms with Gasteiger partial charge in [-0.1, -0.05) is 18.2 Å². The fourth-order valence-electron chi connectivity index (χ4n) is 2.02. The summed E-state index contributed by atoms with van der Waals surface area (Å²) in [6, 6.07) is 7.79. The lowest BCUT2D eigenvalue weighted by Gasteiger charge is -2.27. The second-order valence-corrected chi connectivity index (χ2v) is 7.77. The van der Waals surface area contributed by atoms with Crippen molar-refractivity contribution in [1.29, 1.82) is 0 Å². The predicted molar refractivity (Wildman–Crippen MR) is 84.7 cm³/mol. The molecule has 4 heteroatoms. The molecule has 0 aromatic heterocycles. The monoisotopic (exact) mass is 291 g/mol. The Kier molecular flexibility index (Phi) is 4.43. The first-order valence-corrected chi connectivity index (χ1v) is 7.88. The SMILES string of the molecule is C=CC[C@@H]1COc2ccccc2/C1=N/S(=O)C(C)(C)C. The minimum absolute atomic E-state index is 0.119. The summed E-state index contributed by atoms with van der Waals surface area (Å²) >= 11 is 0. The number of hydrogen-bond donors (Lipinski definition) is 0. The molecule has 1 aliphatic rings. The first-order valence-electron chi connectivity index (χ1n) is 6.77. The Bertz CT molecular complexity index is 558. The lowest BCUT2D eigenvalue weighted by molar-refractivity contribution is 0.275. The molecule has 0 saturated carbocycles. The van der Waals surface area contributed by atoms with Crippen molar-refractivity contribution < 1.29 is 8.95 Å². The molecule has 2 rings (SSSR count). The highest BCUT2D eigenvalue weighted by molar-refractivity contribution is 7.85. The quantitative estimate of drug-likeness (QED) is 0.799. The first kappa shape index (κ1) is 15.0. The van der Waals surface area contributed by atoms with E-state index in [9.17, 15) is 4.21 Å². The summed E-state index contributed by atoms with van der Waals surface area (Å²) in [6.07, 6.45) is 2.63. The maximum atomic E-state index is 12.3. The van der Waals surface area contributed by atoms with Crippen LogP contribution in [0.2, 0.25) is 0 Å². The van der Waals surface area contributed by atoms with Gasteiger partial charge in [0.1, 0.15) is 16.7 Å². The minimum Gasteiger partial charge on any atom is -0.492 e. The maximum absolute atomic E-state index is 12.3. The second kappa shape index (κ2) is 5.92. The van der Waals surface area contributed by atoms with Crippen molar-refractivity contribution in [2.24, 2.45) is 10.3 Å². The van der Waals surface area contributed by atoms with Crippen LogP contribution >= 0.6 is 0 Å². The van der Waals surface area contributed by atoms with Gasteiger partial charge in [-0.3, -0.25) is 0 Å². The second-order valence-electron chi connectivity index (χ2n) is 5.87. The van der Waals surface area contributed by atoms with E-state index in [1.807, 2.05) is 51.1 Å². The van der Waals surface area contributed by atoms with E-state index in [-0.39, 0.29) is 10.7 Å². The Morgan fingerprint density at radius 1 is 1.45 bits per heavy atom. The lowest BCUT2D eigenvalue weighted by Crippen LogP contribution is -2.30. The molecule has 0 radical (unpaired) electrons. The summed E-state index contributed by atoms with van der Waals surface area (Å²) < 4.78 is 22.3. The maximum Gasteiger partial charge on any atom is 0.145 e. The highest BCUT2D eigenvalue weighted by atomic mass is 32.2. The third-order valence-corrected chi connectivity index (χ3v) is 4.56. The molecule has 1 aromatic carbocycles. The molecule has 0 amide bonds. The van der Waals surface area contributed by atoms with Crippen LogP contribution in [-0.2, 0) is 11.0 Å². The fourth-order valence-corrected chi connectivity index (χ4v) is 2.72. The Morgan fingerprint density at radius 3 is 2.80 bits per heavy atom. The molecule has 0 spiro atoms. The van der Waals surface area contributed by atoms with Crippen LogP contribution in [-0.4, -0.2) is 21.3 Å². The number of hydrogen-bond acceptors (Lipinski definition) is 2. The smallest absolute Gasteiger partial charge is 0.145 e. The Morgan fingerprint density at radius 2 is 2.15 bits per heavy atom. The van der Waals surface area contributed by atoms with E-state index in [1.54, 1.807) is 0 Å². The third kappa shape index (κ3) is 3.18. The number of rotatable bonds is 3. The van der Waals surface area contributed by atoms with Crippen molar-refractivity contribution in [2.75, 3.05) is 6.61 Å². The van der Waals surface area contributed by atoms with Crippen molar-refractivity contribution >= 4 is 16.7 Å². The molecule has 108 valence electrons. The number of allylic oxidation sites excluding steroid dienone is 1. The van der Waals surface area contributed by atoms with Gasteiger partial charge >= 0.3 is 0 Å². The van der Waals surface area contributed by atoms with Crippen LogP contribution in [0.3, 0.4) is 0 Å². The van der Waals surface area contributed by atoms with Gasteiger partial charge in [0.15, 0.2) is 0 Å². The average Bonchev–Trinajstić information content (AvgIpc) is 2.40. The van der Waals surface area contributed by atoms with E-state index in [4.69, 9.17) is 4.74 Å². The molecule has 1 heterocycles. The highest BCUT2D eigenvalue weighted by Crippen LogP contribution is 2.30. The predicted octanol–water partition coefficient (Wildman–Crippen LogP) is 3.52. The zero-order valence-corrected chi connectivity index (χ0v) is 13.1. The summed E-state index contributed by atoms with van der Waals surface area (Å²) in [7, 11) is -1.27. The van der Waals surface area contributed by atoms with E-state index in [1.165, 1.54) is 0 Å². The van der Waals surface area contributed by atoms with Crippen LogP contribution in [0, 0.1) is 5.92 Å². The largest absolute Gasteiger partial charge is 0.492 e. The van der Waals surface area contributed by atoms with E-state index >= 15 is 0 Å². The molecule has 2 atom stereocenters. The van der Waals surface area contributed by atoms with Gasteiger partial charge in [-0.05, 0) is 39.3 Å². The summed E-state index contributed by atoms with van der Waals surface area (Å²) in [6.45, 7) is 10.1. The van der Waals surface area contributed by atoms with Gasteiger partial charge in [0.2, 0.25) is 0 Å². The van der Waals surface area contributed by atoms with Gasteiger partial charge in [0.05, 0.1) is 17.1 Å². The highest BCUT2D eigenvalue weighted by Gasteiger charge is 2.28. The minimum atomic E-state index is -1.27. The molecule has 1 unspecified atom stereocenters. The van der Waals surface area contributed by atoms with Crippen molar-refractivity contribution in [3.63, 3.8) is 0 Å². The molecular formula is C16H21NO2S. The van der Waals surface area contributed by atoms with Gasteiger partial charge < -0.3 is 4.74 Å². The summed E-state index contributed by atoms with van der Waals surface area (Å²) in [5.74, 6) is 0.936. The molecule has 1 aliphatic heterocycles. The Hall–Kier alpha value is -1.42. The fraction of sp³-hybridized carbons (Fsp3) is 0.438. The third-order valence-electron chi connectivity index (χ3n) is 3.15. The van der Waals surface area contributed by atoms with E-state index in [0.717, 1.165) is 23.4 Å². The average molecular weight is 291 g/mol. The van der Waals surface area contributed by atoms with Gasteiger partial charge in [-0.25, -0.2) is 4.21 Å². The Labute approximate surface area is 123 Å². The topological polar surface area (TPSA) is 38.7 Å². The molecule has 0 aliphatic carbocycles. The zero-order valence-electron chi connectivity index (χ0n) is 12.3. The van der Waals surface area contributed by atoms with Crippen LogP contribution in [0.4, 0.5) is 0 Å². The van der Waals surface area contributed by atoms with Gasteiger partial charge in [-0.15, -0.1) is 6.58 Å². The van der Waals surface area contributed by atoms with Crippen LogP contribution < -0.4 is 4.74 Å². The number of nitrogens with zero attached hydrogens (tertiary/aromatic N) is 1. The van der Waals surface area contributed by atoms with Gasteiger partial charge in [-0.2, -0.15) is 4.40 Å².